The molecule has 0 aromatic rings. The third-order valence-electron chi connectivity index (χ3n) is 1.15. The Labute approximate surface area is 107 Å². The summed E-state index contributed by atoms with van der Waals surface area (Å²) in [5, 5.41) is 0. The molecule has 6 nitrogen and oxygen atoms in total. The van der Waals surface area contributed by atoms with Crippen molar-refractivity contribution in [1.29, 1.82) is 0 Å². The summed E-state index contributed by atoms with van der Waals surface area (Å²) in [5.74, 6) is -0.569. The number of carbonyl (C=O) groups excluding carboxylic acids is 4. The minimum Gasteiger partial charge on any atom is -0.287 e. The summed E-state index contributed by atoms with van der Waals surface area (Å²) in [7, 11) is 1.74. The number of hydrogen-bond donors (Lipinski definition) is 0. The van der Waals surface area contributed by atoms with Gasteiger partial charge in [0, 0.05) is 24.5 Å². The van der Waals surface area contributed by atoms with Gasteiger partial charge in [0.15, 0.2) is 0 Å². The van der Waals surface area contributed by atoms with E-state index in [0.717, 1.165) is 21.6 Å². The summed E-state index contributed by atoms with van der Waals surface area (Å²) >= 11 is 0. The molecule has 0 aliphatic heterocycles. The van der Waals surface area contributed by atoms with E-state index >= 15 is 0 Å². The van der Waals surface area contributed by atoms with Gasteiger partial charge in [-0.15, -0.1) is 0 Å². The summed E-state index contributed by atoms with van der Waals surface area (Å²) in [4.78, 5) is 42.4. The van der Waals surface area contributed by atoms with E-state index in [9.17, 15) is 19.2 Å². The molecule has 0 saturated carbocycles. The van der Waals surface area contributed by atoms with E-state index in [1.165, 1.54) is 0 Å². The Balaban J connectivity index is 4.32. The minimum atomic E-state index is -2.21. The fourth-order valence-electron chi connectivity index (χ4n) is 0.484. The van der Waals surface area contributed by atoms with Crippen LogP contribution in [0.3, 0.4) is 0 Å². The van der Waals surface area contributed by atoms with E-state index < -0.39 is 13.0 Å². The average molecular weight is 268 g/mol. The van der Waals surface area contributed by atoms with Crippen molar-refractivity contribution in [3.05, 3.63) is 0 Å². The quantitative estimate of drug-likeness (QED) is 0.288. The molecule has 16 heavy (non-hydrogen) atoms. The number of hydrogen-bond acceptors (Lipinski definition) is 6. The Kier molecular flexibility index (Phi) is 5.94. The molecule has 0 saturated heterocycles. The average Bonchev–Trinajstić information content (AvgIpc) is 2.37. The Morgan fingerprint density at radius 1 is 0.812 bits per heavy atom. The van der Waals surface area contributed by atoms with Gasteiger partial charge in [0.1, 0.15) is 0 Å². The molecule has 0 aromatic carbocycles. The number of amides is 4. The van der Waals surface area contributed by atoms with Crippen LogP contribution in [0.5, 0.6) is 0 Å². The highest BCUT2D eigenvalue weighted by atomic mass is 33.1. The first-order chi connectivity index (χ1) is 9.25. The highest BCUT2D eigenvalue weighted by Gasteiger charge is 2.00. The molecular weight excluding hydrogens is 252 g/mol. The second kappa shape index (κ2) is 10.5. The predicted molar refractivity (Wildman–Crippen MR) is 62.6 cm³/mol. The highest BCUT2D eigenvalue weighted by Crippen LogP contribution is 2.20. The van der Waals surface area contributed by atoms with Crippen molar-refractivity contribution >= 4 is 47.2 Å². The molecule has 0 N–H and O–H groups in total. The molecule has 0 radical (unpaired) electrons. The Morgan fingerprint density at radius 3 is 1.38 bits per heavy atom. The summed E-state index contributed by atoms with van der Waals surface area (Å²) in [6, 6.07) is 0. The number of rotatable bonds is 11. The highest BCUT2D eigenvalue weighted by molar-refractivity contribution is 8.76. The van der Waals surface area contributed by atoms with Crippen LogP contribution in [0, 0.1) is 0 Å². The fourth-order valence-corrected chi connectivity index (χ4v) is 1.87. The van der Waals surface area contributed by atoms with Gasteiger partial charge >= 0.3 is 0 Å². The lowest BCUT2D eigenvalue weighted by molar-refractivity contribution is -0.130. The third kappa shape index (κ3) is 7.30. The molecule has 4 amide bonds. The van der Waals surface area contributed by atoms with Crippen LogP contribution in [-0.2, 0) is 19.2 Å². The van der Waals surface area contributed by atoms with Gasteiger partial charge in [-0.1, -0.05) is 21.6 Å². The van der Waals surface area contributed by atoms with Gasteiger partial charge in [0.25, 0.3) is 0 Å². The molecule has 90 valence electrons. The van der Waals surface area contributed by atoms with Gasteiger partial charge in [-0.05, 0) is 0 Å². The van der Waals surface area contributed by atoms with Crippen molar-refractivity contribution in [1.82, 2.24) is 9.80 Å². The second-order valence-electron chi connectivity index (χ2n) is 2.08. The smallest absolute Gasteiger partial charge is 0.216 e. The van der Waals surface area contributed by atoms with Crippen LogP contribution in [-0.4, -0.2) is 59.9 Å². The Morgan fingerprint density at radius 2 is 1.12 bits per heavy atom. The summed E-state index contributed by atoms with van der Waals surface area (Å²) in [6.45, 7) is -4.41. The first kappa shape index (κ1) is 9.06. The summed E-state index contributed by atoms with van der Waals surface area (Å²) < 4.78 is 29.8. The first-order valence-electron chi connectivity index (χ1n) is 5.87. The standard InChI is InChI=1S/C8H12N2O4S2/c11-5-9(6-12)1-3-15-16-4-2-10(7-13)8-14/h5-8H,1-4H2/i1D2,2D2. The van der Waals surface area contributed by atoms with Gasteiger partial charge < -0.3 is 0 Å². The monoisotopic (exact) mass is 268 g/mol. The van der Waals surface area contributed by atoms with Crippen LogP contribution in [0.15, 0.2) is 0 Å². The van der Waals surface area contributed by atoms with E-state index in [1.54, 1.807) is 0 Å². The predicted octanol–water partition coefficient (Wildman–Crippen LogP) is -0.403. The molecule has 0 aliphatic rings. The van der Waals surface area contributed by atoms with E-state index in [2.05, 4.69) is 0 Å². The molecule has 0 rings (SSSR count). The van der Waals surface area contributed by atoms with Crippen molar-refractivity contribution in [3.8, 4) is 0 Å². The normalized spacial score (nSPS) is 14.8. The molecule has 0 fully saturated rings. The lowest BCUT2D eigenvalue weighted by atomic mass is 10.7. The molecule has 0 aliphatic carbocycles. The maximum Gasteiger partial charge on any atom is 0.216 e. The van der Waals surface area contributed by atoms with Gasteiger partial charge in [0.05, 0.1) is 5.48 Å². The molecule has 0 bridgehead atoms. The Bertz CT molecular complexity index is 322. The van der Waals surface area contributed by atoms with E-state index in [4.69, 9.17) is 5.48 Å². The molecule has 0 atom stereocenters. The van der Waals surface area contributed by atoms with Gasteiger partial charge in [-0.2, -0.15) is 0 Å². The molecule has 0 heterocycles. The fraction of sp³-hybridized carbons (Fsp3) is 0.500. The second-order valence-corrected chi connectivity index (χ2v) is 4.54. The minimum absolute atomic E-state index is 0.0536. The van der Waals surface area contributed by atoms with Gasteiger partial charge in [-0.25, -0.2) is 0 Å². The SMILES string of the molecule is [2H]C([2H])(CSSCC([2H])([2H])N(C=O)C=O)N(C=O)C=O. The zero-order chi connectivity index (χ0) is 15.8. The molecule has 0 spiro atoms. The largest absolute Gasteiger partial charge is 0.287 e. The zero-order valence-electron chi connectivity index (χ0n) is 12.1. The zero-order valence-corrected chi connectivity index (χ0v) is 9.70. The van der Waals surface area contributed by atoms with Crippen molar-refractivity contribution in [3.63, 3.8) is 0 Å². The lowest BCUT2D eigenvalue weighted by Crippen LogP contribution is -2.23. The number of imide groups is 2. The lowest BCUT2D eigenvalue weighted by Gasteiger charge is -2.09. The van der Waals surface area contributed by atoms with Crippen molar-refractivity contribution < 1.29 is 24.7 Å². The maximum absolute atomic E-state index is 10.4. The molecule has 8 heteroatoms. The van der Waals surface area contributed by atoms with Crippen LogP contribution in [0.1, 0.15) is 5.48 Å². The van der Waals surface area contributed by atoms with Crippen LogP contribution >= 0.6 is 21.6 Å². The number of nitrogens with zero attached hydrogens (tertiary/aromatic N) is 2. The summed E-state index contributed by atoms with van der Waals surface area (Å²) in [5.41, 5.74) is 0. The van der Waals surface area contributed by atoms with E-state index in [1.807, 2.05) is 0 Å². The summed E-state index contributed by atoms with van der Waals surface area (Å²) in [6.07, 6.45) is 0.214. The van der Waals surface area contributed by atoms with Crippen LogP contribution in [0.4, 0.5) is 0 Å². The molecular formula is C8H12N2O4S2. The van der Waals surface area contributed by atoms with E-state index in [-0.39, 0.29) is 37.1 Å². The van der Waals surface area contributed by atoms with Crippen molar-refractivity contribution in [2.75, 3.05) is 24.5 Å². The number of carbonyl (C=O) groups is 4. The van der Waals surface area contributed by atoms with Gasteiger partial charge in [-0.3, -0.25) is 29.0 Å². The van der Waals surface area contributed by atoms with Crippen molar-refractivity contribution in [2.24, 2.45) is 0 Å². The Hall–Kier alpha value is -1.02. The third-order valence-corrected chi connectivity index (χ3v) is 3.02. The van der Waals surface area contributed by atoms with Crippen LogP contribution in [0.25, 0.3) is 0 Å². The van der Waals surface area contributed by atoms with E-state index in [0.29, 0.717) is 9.80 Å². The molecule has 0 aromatic heterocycles. The van der Waals surface area contributed by atoms with Crippen molar-refractivity contribution in [2.45, 2.75) is 0 Å². The maximum atomic E-state index is 10.4. The molecule has 0 unspecified atom stereocenters. The first-order valence-corrected chi connectivity index (χ1v) is 6.36. The van der Waals surface area contributed by atoms with Crippen LogP contribution < -0.4 is 0 Å². The topological polar surface area (TPSA) is 74.8 Å². The van der Waals surface area contributed by atoms with Gasteiger partial charge in [0.2, 0.25) is 25.6 Å². The van der Waals surface area contributed by atoms with Crippen LogP contribution in [0.2, 0.25) is 0 Å².